The fourth-order valence-electron chi connectivity index (χ4n) is 4.58. The first-order valence-electron chi connectivity index (χ1n) is 12.2. The molecule has 1 aliphatic heterocycles. The number of hydrogen-bond acceptors (Lipinski definition) is 5. The summed E-state index contributed by atoms with van der Waals surface area (Å²) in [6.07, 6.45) is 1.78. The number of carbonyl (C=O) groups is 2. The molecule has 2 amide bonds. The highest BCUT2D eigenvalue weighted by atomic mass is 16.5. The van der Waals surface area contributed by atoms with E-state index in [-0.39, 0.29) is 11.8 Å². The Balaban J connectivity index is 1.80. The lowest BCUT2D eigenvalue weighted by molar-refractivity contribution is -0.110. The highest BCUT2D eigenvalue weighted by Gasteiger charge is 2.28. The van der Waals surface area contributed by atoms with Crippen LogP contribution in [0.15, 0.2) is 42.5 Å². The monoisotopic (exact) mass is 487 g/mol. The van der Waals surface area contributed by atoms with E-state index in [0.29, 0.717) is 51.8 Å². The van der Waals surface area contributed by atoms with Gasteiger partial charge in [-0.25, -0.2) is 0 Å². The summed E-state index contributed by atoms with van der Waals surface area (Å²) < 4.78 is 5.36. The molecule has 8 nitrogen and oxygen atoms in total. The number of rotatable bonds is 9. The summed E-state index contributed by atoms with van der Waals surface area (Å²) >= 11 is 0. The molecule has 1 aromatic heterocycles. The standard InChI is InChI=1S/C28H33N5O3/c1-5-33(6-2)14-13-30-28(35)25-17(3)31-24(26(25)19-9-7-8-10-22(19)29)16-21-20-15-18(36-4)11-12-23(20)32-27(21)34/h7-12,15-16,31H,5-6,13-14,29H2,1-4H3,(H,30,35)(H,32,34)/b21-16-. The van der Waals surface area contributed by atoms with Gasteiger partial charge in [-0.05, 0) is 50.4 Å². The fourth-order valence-corrected chi connectivity index (χ4v) is 4.58. The van der Waals surface area contributed by atoms with Gasteiger partial charge in [-0.2, -0.15) is 0 Å². The molecule has 1 aliphatic rings. The van der Waals surface area contributed by atoms with Gasteiger partial charge < -0.3 is 31.0 Å². The Hall–Kier alpha value is -4.04. The van der Waals surface area contributed by atoms with Crippen molar-refractivity contribution < 1.29 is 14.3 Å². The molecule has 0 bridgehead atoms. The normalized spacial score (nSPS) is 13.7. The molecule has 0 fully saturated rings. The van der Waals surface area contributed by atoms with Crippen molar-refractivity contribution in [1.29, 1.82) is 0 Å². The number of para-hydroxylation sites is 1. The minimum atomic E-state index is -0.220. The van der Waals surface area contributed by atoms with Gasteiger partial charge in [-0.3, -0.25) is 9.59 Å². The number of benzene rings is 2. The average Bonchev–Trinajstić information content (AvgIpc) is 3.37. The molecule has 0 spiro atoms. The molecule has 8 heteroatoms. The van der Waals surface area contributed by atoms with Crippen LogP contribution in [0, 0.1) is 6.92 Å². The van der Waals surface area contributed by atoms with Crippen molar-refractivity contribution in [2.45, 2.75) is 20.8 Å². The Bertz CT molecular complexity index is 1320. The molecule has 3 aromatic rings. The van der Waals surface area contributed by atoms with Gasteiger partial charge in [-0.15, -0.1) is 0 Å². The Labute approximate surface area is 211 Å². The van der Waals surface area contributed by atoms with E-state index < -0.39 is 0 Å². The number of aromatic nitrogens is 1. The summed E-state index contributed by atoms with van der Waals surface area (Å²) in [5.41, 5.74) is 12.1. The van der Waals surface area contributed by atoms with Gasteiger partial charge in [0.15, 0.2) is 0 Å². The number of nitrogens with zero attached hydrogens (tertiary/aromatic N) is 1. The van der Waals surface area contributed by atoms with E-state index in [4.69, 9.17) is 10.5 Å². The highest BCUT2D eigenvalue weighted by Crippen LogP contribution is 2.39. The molecule has 0 atom stereocenters. The zero-order valence-electron chi connectivity index (χ0n) is 21.2. The Morgan fingerprint density at radius 3 is 2.58 bits per heavy atom. The highest BCUT2D eigenvalue weighted by molar-refractivity contribution is 6.35. The predicted octanol–water partition coefficient (Wildman–Crippen LogP) is 4.15. The lowest BCUT2D eigenvalue weighted by atomic mass is 9.96. The van der Waals surface area contributed by atoms with Gasteiger partial charge in [-0.1, -0.05) is 32.0 Å². The molecule has 2 heterocycles. The van der Waals surface area contributed by atoms with Gasteiger partial charge in [0.1, 0.15) is 5.75 Å². The molecule has 0 radical (unpaired) electrons. The molecule has 0 unspecified atom stereocenters. The van der Waals surface area contributed by atoms with Crippen molar-refractivity contribution >= 4 is 34.8 Å². The second kappa shape index (κ2) is 10.7. The molecule has 36 heavy (non-hydrogen) atoms. The summed E-state index contributed by atoms with van der Waals surface area (Å²) in [5.74, 6) is 0.249. The van der Waals surface area contributed by atoms with Crippen molar-refractivity contribution in [2.24, 2.45) is 0 Å². The minimum Gasteiger partial charge on any atom is -0.497 e. The third-order valence-corrected chi connectivity index (χ3v) is 6.58. The van der Waals surface area contributed by atoms with Crippen molar-refractivity contribution in [3.63, 3.8) is 0 Å². The van der Waals surface area contributed by atoms with E-state index in [2.05, 4.69) is 34.4 Å². The number of anilines is 2. The quantitative estimate of drug-likeness (QED) is 0.268. The molecular weight excluding hydrogens is 454 g/mol. The number of carbonyl (C=O) groups excluding carboxylic acids is 2. The van der Waals surface area contributed by atoms with Crippen LogP contribution in [0.2, 0.25) is 0 Å². The van der Waals surface area contributed by atoms with Gasteiger partial charge in [0.05, 0.1) is 18.2 Å². The summed E-state index contributed by atoms with van der Waals surface area (Å²) in [6.45, 7) is 9.20. The summed E-state index contributed by atoms with van der Waals surface area (Å²) in [6, 6.07) is 12.9. The number of nitrogens with one attached hydrogen (secondary N) is 3. The Morgan fingerprint density at radius 1 is 1.14 bits per heavy atom. The van der Waals surface area contributed by atoms with Crippen LogP contribution in [0.25, 0.3) is 22.8 Å². The minimum absolute atomic E-state index is 0.184. The lowest BCUT2D eigenvalue weighted by Gasteiger charge is -2.18. The molecule has 0 saturated carbocycles. The van der Waals surface area contributed by atoms with Crippen LogP contribution in [0.4, 0.5) is 11.4 Å². The average molecular weight is 488 g/mol. The molecule has 5 N–H and O–H groups in total. The van der Waals surface area contributed by atoms with Crippen molar-refractivity contribution in [3.8, 4) is 16.9 Å². The third-order valence-electron chi connectivity index (χ3n) is 6.58. The number of aromatic amines is 1. The lowest BCUT2D eigenvalue weighted by Crippen LogP contribution is -2.35. The van der Waals surface area contributed by atoms with Gasteiger partial charge in [0.2, 0.25) is 0 Å². The molecule has 0 aliphatic carbocycles. The molecule has 2 aromatic carbocycles. The van der Waals surface area contributed by atoms with Crippen LogP contribution >= 0.6 is 0 Å². The molecule has 0 saturated heterocycles. The van der Waals surface area contributed by atoms with E-state index in [1.54, 1.807) is 25.3 Å². The maximum absolute atomic E-state index is 13.4. The van der Waals surface area contributed by atoms with Crippen molar-refractivity contribution in [2.75, 3.05) is 44.3 Å². The van der Waals surface area contributed by atoms with Crippen LogP contribution in [-0.4, -0.2) is 55.0 Å². The number of nitrogens with two attached hydrogens (primary N) is 1. The van der Waals surface area contributed by atoms with Gasteiger partial charge >= 0.3 is 0 Å². The number of ether oxygens (including phenoxy) is 1. The SMILES string of the molecule is CCN(CC)CCNC(=O)c1c(C)[nH]c(/C=C2\C(=O)Nc3ccc(OC)cc32)c1-c1ccccc1N. The van der Waals surface area contributed by atoms with E-state index in [9.17, 15) is 9.59 Å². The number of amides is 2. The second-order valence-electron chi connectivity index (χ2n) is 8.71. The van der Waals surface area contributed by atoms with E-state index in [1.807, 2.05) is 37.3 Å². The number of aryl methyl sites for hydroxylation is 1. The zero-order valence-corrected chi connectivity index (χ0v) is 21.2. The van der Waals surface area contributed by atoms with Crippen LogP contribution in [0.5, 0.6) is 5.75 Å². The number of hydrogen-bond donors (Lipinski definition) is 4. The first kappa shape index (κ1) is 25.1. The summed E-state index contributed by atoms with van der Waals surface area (Å²) in [4.78, 5) is 31.9. The Morgan fingerprint density at radius 2 is 1.89 bits per heavy atom. The van der Waals surface area contributed by atoms with Gasteiger partial charge in [0.25, 0.3) is 11.8 Å². The number of likely N-dealkylation sites (N-methyl/N-ethyl adjacent to an activating group) is 1. The molecule has 4 rings (SSSR count). The first-order valence-corrected chi connectivity index (χ1v) is 12.2. The van der Waals surface area contributed by atoms with E-state index in [0.717, 1.165) is 30.8 Å². The third kappa shape index (κ3) is 4.85. The number of fused-ring (bicyclic) bond motifs is 1. The zero-order chi connectivity index (χ0) is 25.8. The van der Waals surface area contributed by atoms with E-state index >= 15 is 0 Å². The predicted molar refractivity (Wildman–Crippen MR) is 145 cm³/mol. The number of methoxy groups -OCH3 is 1. The second-order valence-corrected chi connectivity index (χ2v) is 8.71. The maximum Gasteiger partial charge on any atom is 0.256 e. The smallest absolute Gasteiger partial charge is 0.256 e. The number of H-pyrrole nitrogens is 1. The Kier molecular flexibility index (Phi) is 7.45. The summed E-state index contributed by atoms with van der Waals surface area (Å²) in [7, 11) is 1.59. The van der Waals surface area contributed by atoms with Crippen molar-refractivity contribution in [1.82, 2.24) is 15.2 Å². The van der Waals surface area contributed by atoms with Crippen LogP contribution in [0.1, 0.15) is 41.2 Å². The summed E-state index contributed by atoms with van der Waals surface area (Å²) in [5, 5.41) is 5.96. The number of nitrogen functional groups attached to an aromatic ring is 1. The van der Waals surface area contributed by atoms with Crippen LogP contribution in [-0.2, 0) is 4.79 Å². The fraction of sp³-hybridized carbons (Fsp3) is 0.286. The van der Waals surface area contributed by atoms with E-state index in [1.165, 1.54) is 0 Å². The van der Waals surface area contributed by atoms with Crippen molar-refractivity contribution in [3.05, 3.63) is 65.0 Å². The molecule has 188 valence electrons. The maximum atomic E-state index is 13.4. The topological polar surface area (TPSA) is 112 Å². The van der Waals surface area contributed by atoms with Crippen LogP contribution in [0.3, 0.4) is 0 Å². The first-order chi connectivity index (χ1) is 17.4. The largest absolute Gasteiger partial charge is 0.497 e. The van der Waals surface area contributed by atoms with Gasteiger partial charge in [0, 0.05) is 52.5 Å². The molecular formula is C28H33N5O3. The van der Waals surface area contributed by atoms with Crippen LogP contribution < -0.4 is 21.1 Å².